The first-order valence-corrected chi connectivity index (χ1v) is 14.0. The number of hydrogen-bond acceptors (Lipinski definition) is 7. The highest BCUT2D eigenvalue weighted by Gasteiger charge is 2.47. The number of aromatic nitrogens is 1. The first-order valence-electron chi connectivity index (χ1n) is 12.4. The molecule has 1 amide bonds. The van der Waals surface area contributed by atoms with Gasteiger partial charge in [-0.05, 0) is 70.4 Å². The van der Waals surface area contributed by atoms with Crippen LogP contribution in [0.15, 0.2) is 10.6 Å². The number of rotatable bonds is 9. The molecule has 3 saturated heterocycles. The van der Waals surface area contributed by atoms with Gasteiger partial charge in [-0.25, -0.2) is 8.42 Å². The topological polar surface area (TPSA) is 105 Å². The summed E-state index contributed by atoms with van der Waals surface area (Å²) in [5, 5.41) is 7.02. The minimum absolute atomic E-state index is 0.0137. The fourth-order valence-electron chi connectivity index (χ4n) is 5.90. The van der Waals surface area contributed by atoms with Gasteiger partial charge in [0.25, 0.3) is 5.91 Å². The summed E-state index contributed by atoms with van der Waals surface area (Å²) >= 11 is 0. The minimum Gasteiger partial charge on any atom is -0.383 e. The van der Waals surface area contributed by atoms with Crippen molar-refractivity contribution in [3.63, 3.8) is 0 Å². The van der Waals surface area contributed by atoms with Crippen LogP contribution in [0.5, 0.6) is 0 Å². The van der Waals surface area contributed by atoms with Crippen molar-refractivity contribution < 1.29 is 22.5 Å². The first-order chi connectivity index (χ1) is 15.9. The van der Waals surface area contributed by atoms with Gasteiger partial charge < -0.3 is 19.5 Å². The summed E-state index contributed by atoms with van der Waals surface area (Å²) in [7, 11) is -1.60. The lowest BCUT2D eigenvalue weighted by Gasteiger charge is -2.39. The minimum atomic E-state index is -3.31. The predicted molar refractivity (Wildman–Crippen MR) is 122 cm³/mol. The number of nitrogens with zero attached hydrogens (tertiary/aromatic N) is 3. The summed E-state index contributed by atoms with van der Waals surface area (Å²) in [4.78, 5) is 15.0. The molecule has 1 aromatic heterocycles. The van der Waals surface area contributed by atoms with Gasteiger partial charge in [-0.3, -0.25) is 4.79 Å². The van der Waals surface area contributed by atoms with Crippen molar-refractivity contribution in [2.24, 2.45) is 5.92 Å². The van der Waals surface area contributed by atoms with E-state index >= 15 is 0 Å². The van der Waals surface area contributed by atoms with Gasteiger partial charge in [0.2, 0.25) is 10.0 Å². The zero-order valence-electron chi connectivity index (χ0n) is 19.4. The second kappa shape index (κ2) is 9.64. The molecule has 0 spiro atoms. The molecule has 2 bridgehead atoms. The Hall–Kier alpha value is -1.49. The third kappa shape index (κ3) is 5.28. The van der Waals surface area contributed by atoms with Crippen molar-refractivity contribution in [3.8, 4) is 0 Å². The molecule has 3 aliphatic heterocycles. The van der Waals surface area contributed by atoms with Crippen LogP contribution in [0.25, 0.3) is 0 Å². The molecule has 9 nitrogen and oxygen atoms in total. The van der Waals surface area contributed by atoms with E-state index in [9.17, 15) is 13.2 Å². The van der Waals surface area contributed by atoms with Crippen LogP contribution in [0.2, 0.25) is 0 Å². The average Bonchev–Trinajstić information content (AvgIpc) is 3.44. The second-order valence-corrected chi connectivity index (χ2v) is 12.2. The zero-order chi connectivity index (χ0) is 23.0. The number of carbonyl (C=O) groups is 1. The number of ether oxygens (including phenoxy) is 1. The molecule has 3 atom stereocenters. The van der Waals surface area contributed by atoms with E-state index in [4.69, 9.17) is 9.26 Å². The number of hydrogen-bond donors (Lipinski definition) is 1. The van der Waals surface area contributed by atoms with E-state index < -0.39 is 10.0 Å². The normalized spacial score (nSPS) is 29.4. The Morgan fingerprint density at radius 2 is 1.85 bits per heavy atom. The Morgan fingerprint density at radius 1 is 1.15 bits per heavy atom. The van der Waals surface area contributed by atoms with Crippen LogP contribution in [0.4, 0.5) is 0 Å². The SMILES string of the molecule is COCCN1CCC(CS(=O)(=O)N2[C@@H]3CC[C@H]2C[C@@H](NC(=O)c2cc(C4CC4)on2)C3)CC1. The number of amides is 1. The summed E-state index contributed by atoms with van der Waals surface area (Å²) in [5.41, 5.74) is 0.330. The Labute approximate surface area is 196 Å². The van der Waals surface area contributed by atoms with Gasteiger partial charge in [-0.15, -0.1) is 0 Å². The summed E-state index contributed by atoms with van der Waals surface area (Å²) in [6.45, 7) is 3.51. The third-order valence-electron chi connectivity index (χ3n) is 7.83. The number of nitrogens with one attached hydrogen (secondary N) is 1. The Kier molecular flexibility index (Phi) is 6.79. The van der Waals surface area contributed by atoms with E-state index in [0.29, 0.717) is 24.5 Å². The van der Waals surface area contributed by atoms with Gasteiger partial charge in [-0.1, -0.05) is 5.16 Å². The quantitative estimate of drug-likeness (QED) is 0.576. The molecule has 33 heavy (non-hydrogen) atoms. The molecule has 1 saturated carbocycles. The zero-order valence-corrected chi connectivity index (χ0v) is 20.3. The highest BCUT2D eigenvalue weighted by atomic mass is 32.2. The molecule has 4 aliphatic rings. The fourth-order valence-corrected chi connectivity index (χ4v) is 8.30. The maximum atomic E-state index is 13.4. The van der Waals surface area contributed by atoms with E-state index in [1.807, 2.05) is 0 Å². The molecule has 5 rings (SSSR count). The first kappa shape index (κ1) is 23.3. The van der Waals surface area contributed by atoms with Crippen molar-refractivity contribution in [2.45, 2.75) is 75.4 Å². The van der Waals surface area contributed by atoms with Crippen molar-refractivity contribution in [1.82, 2.24) is 19.7 Å². The standard InChI is InChI=1S/C23H36N4O5S/c1-31-11-10-26-8-6-16(7-9-26)15-33(29,30)27-19-4-5-20(27)13-18(12-19)24-23(28)21-14-22(32-25-21)17-2-3-17/h14,16-20H,2-13,15H2,1H3,(H,24,28)/t18-,19+,20-. The van der Waals surface area contributed by atoms with Crippen molar-refractivity contribution in [1.29, 1.82) is 0 Å². The monoisotopic (exact) mass is 480 g/mol. The number of likely N-dealkylation sites (tertiary alicyclic amines) is 1. The maximum absolute atomic E-state index is 13.4. The molecule has 0 radical (unpaired) electrons. The van der Waals surface area contributed by atoms with E-state index in [2.05, 4.69) is 15.4 Å². The lowest BCUT2D eigenvalue weighted by atomic mass is 9.99. The summed E-state index contributed by atoms with van der Waals surface area (Å²) in [6.07, 6.45) is 7.13. The molecule has 1 N–H and O–H groups in total. The smallest absolute Gasteiger partial charge is 0.273 e. The van der Waals surface area contributed by atoms with E-state index in [1.165, 1.54) is 0 Å². The summed E-state index contributed by atoms with van der Waals surface area (Å²) in [5.74, 6) is 1.47. The molecule has 1 aliphatic carbocycles. The van der Waals surface area contributed by atoms with Crippen LogP contribution in [-0.4, -0.2) is 85.9 Å². The van der Waals surface area contributed by atoms with Gasteiger partial charge >= 0.3 is 0 Å². The van der Waals surface area contributed by atoms with E-state index in [1.54, 1.807) is 17.5 Å². The molecular formula is C23H36N4O5S. The van der Waals surface area contributed by atoms with Crippen molar-refractivity contribution in [3.05, 3.63) is 17.5 Å². The fraction of sp³-hybridized carbons (Fsp3) is 0.826. The van der Waals surface area contributed by atoms with Crippen LogP contribution >= 0.6 is 0 Å². The third-order valence-corrected chi connectivity index (χ3v) is 9.96. The molecule has 0 unspecified atom stereocenters. The van der Waals surface area contributed by atoms with Crippen LogP contribution in [-0.2, 0) is 14.8 Å². The molecule has 184 valence electrons. The van der Waals surface area contributed by atoms with E-state index in [0.717, 1.165) is 70.5 Å². The predicted octanol–water partition coefficient (Wildman–Crippen LogP) is 1.97. The van der Waals surface area contributed by atoms with Gasteiger partial charge in [0.15, 0.2) is 5.69 Å². The van der Waals surface area contributed by atoms with Gasteiger partial charge in [0, 0.05) is 43.8 Å². The lowest BCUT2D eigenvalue weighted by molar-refractivity contribution is 0.0899. The number of carbonyl (C=O) groups excluding carboxylic acids is 1. The Balaban J connectivity index is 1.14. The van der Waals surface area contributed by atoms with Crippen LogP contribution < -0.4 is 5.32 Å². The summed E-state index contributed by atoms with van der Waals surface area (Å²) < 4.78 is 39.0. The highest BCUT2D eigenvalue weighted by molar-refractivity contribution is 7.89. The lowest BCUT2D eigenvalue weighted by Crippen LogP contribution is -2.53. The molecular weight excluding hydrogens is 444 g/mol. The number of sulfonamides is 1. The largest absolute Gasteiger partial charge is 0.383 e. The molecule has 4 heterocycles. The van der Waals surface area contributed by atoms with Crippen molar-refractivity contribution in [2.75, 3.05) is 39.1 Å². The van der Waals surface area contributed by atoms with Gasteiger partial charge in [0.05, 0.1) is 12.4 Å². The maximum Gasteiger partial charge on any atom is 0.273 e. The van der Waals surface area contributed by atoms with Crippen LogP contribution in [0.1, 0.15) is 73.5 Å². The van der Waals surface area contributed by atoms with Gasteiger partial charge in [-0.2, -0.15) is 4.31 Å². The molecule has 4 fully saturated rings. The Morgan fingerprint density at radius 3 is 2.48 bits per heavy atom. The van der Waals surface area contributed by atoms with Crippen molar-refractivity contribution >= 4 is 15.9 Å². The number of methoxy groups -OCH3 is 1. The molecule has 0 aromatic carbocycles. The van der Waals surface area contributed by atoms with Gasteiger partial charge in [0.1, 0.15) is 5.76 Å². The van der Waals surface area contributed by atoms with E-state index in [-0.39, 0.29) is 35.7 Å². The van der Waals surface area contributed by atoms with Crippen LogP contribution in [0, 0.1) is 5.92 Å². The molecule has 1 aromatic rings. The average molecular weight is 481 g/mol. The second-order valence-electron chi connectivity index (χ2n) is 10.3. The number of piperidine rings is 2. The highest BCUT2D eigenvalue weighted by Crippen LogP contribution is 2.41. The summed E-state index contributed by atoms with van der Waals surface area (Å²) in [6, 6.07) is 1.70. The molecule has 10 heteroatoms. The van der Waals surface area contributed by atoms with Crippen LogP contribution in [0.3, 0.4) is 0 Å². The number of fused-ring (bicyclic) bond motifs is 2. The Bertz CT molecular complexity index is 924.